The first-order valence-corrected chi connectivity index (χ1v) is 9.37. The fourth-order valence-electron chi connectivity index (χ4n) is 3.09. The van der Waals surface area contributed by atoms with Crippen LogP contribution in [0.4, 0.5) is 0 Å². The van der Waals surface area contributed by atoms with Gasteiger partial charge in [-0.25, -0.2) is 9.98 Å². The highest BCUT2D eigenvalue weighted by Crippen LogP contribution is 2.17. The zero-order valence-corrected chi connectivity index (χ0v) is 18.7. The summed E-state index contributed by atoms with van der Waals surface area (Å²) in [6.45, 7) is 5.41. The van der Waals surface area contributed by atoms with Crippen LogP contribution in [0.15, 0.2) is 35.6 Å². The van der Waals surface area contributed by atoms with Crippen LogP contribution in [-0.4, -0.2) is 44.6 Å². The first-order chi connectivity index (χ1) is 13.2. The Kier molecular flexibility index (Phi) is 8.68. The highest BCUT2D eigenvalue weighted by atomic mass is 127. The Bertz CT molecular complexity index is 805. The van der Waals surface area contributed by atoms with Crippen molar-refractivity contribution in [3.63, 3.8) is 0 Å². The molecule has 1 aromatic carbocycles. The van der Waals surface area contributed by atoms with E-state index in [4.69, 9.17) is 4.99 Å². The predicted molar refractivity (Wildman–Crippen MR) is 119 cm³/mol. The van der Waals surface area contributed by atoms with Crippen LogP contribution in [0.25, 0.3) is 0 Å². The molecule has 0 aliphatic carbocycles. The second-order valence-corrected chi connectivity index (χ2v) is 6.54. The molecule has 1 aliphatic rings. The van der Waals surface area contributed by atoms with E-state index in [-0.39, 0.29) is 29.9 Å². The second kappa shape index (κ2) is 11.0. The average Bonchev–Trinajstić information content (AvgIpc) is 3.27. The lowest BCUT2D eigenvalue weighted by atomic mass is 10.1. The zero-order valence-electron chi connectivity index (χ0n) is 16.4. The molecule has 1 aliphatic heterocycles. The van der Waals surface area contributed by atoms with Crippen LogP contribution in [0.5, 0.6) is 0 Å². The molecule has 28 heavy (non-hydrogen) atoms. The molecule has 0 bridgehead atoms. The molecule has 0 atom stereocenters. The molecule has 0 unspecified atom stereocenters. The molecule has 9 heteroatoms. The molecule has 2 heterocycles. The Balaban J connectivity index is 0.00000280. The van der Waals surface area contributed by atoms with Gasteiger partial charge in [0.2, 0.25) is 5.91 Å². The summed E-state index contributed by atoms with van der Waals surface area (Å²) in [5, 5.41) is 10.6. The molecular formula is C19H28IN7O. The summed E-state index contributed by atoms with van der Waals surface area (Å²) in [6.07, 6.45) is 3.16. The Hall–Kier alpha value is -2.17. The minimum atomic E-state index is 0. The minimum absolute atomic E-state index is 0. The lowest BCUT2D eigenvalue weighted by Gasteiger charge is -2.18. The Morgan fingerprint density at radius 2 is 2.04 bits per heavy atom. The van der Waals surface area contributed by atoms with Gasteiger partial charge in [0, 0.05) is 33.1 Å². The SMILES string of the molecule is CCNC(=NCc1ccccc1CN1CCCC1=O)NCc1ncnn1C.I. The monoisotopic (exact) mass is 497 g/mol. The number of benzene rings is 1. The van der Waals surface area contributed by atoms with Gasteiger partial charge >= 0.3 is 0 Å². The maximum absolute atomic E-state index is 11.9. The summed E-state index contributed by atoms with van der Waals surface area (Å²) in [4.78, 5) is 22.8. The van der Waals surface area contributed by atoms with Gasteiger partial charge in [-0.2, -0.15) is 5.10 Å². The molecule has 1 amide bonds. The van der Waals surface area contributed by atoms with Gasteiger partial charge in [-0.05, 0) is 24.5 Å². The largest absolute Gasteiger partial charge is 0.357 e. The zero-order chi connectivity index (χ0) is 19.1. The van der Waals surface area contributed by atoms with E-state index in [9.17, 15) is 4.79 Å². The van der Waals surface area contributed by atoms with Gasteiger partial charge in [0.05, 0.1) is 13.1 Å². The van der Waals surface area contributed by atoms with E-state index < -0.39 is 0 Å². The second-order valence-electron chi connectivity index (χ2n) is 6.54. The number of hydrogen-bond acceptors (Lipinski definition) is 4. The molecule has 2 aromatic rings. The Morgan fingerprint density at radius 1 is 1.25 bits per heavy atom. The third-order valence-electron chi connectivity index (χ3n) is 4.62. The number of rotatable bonds is 7. The van der Waals surface area contributed by atoms with Crippen LogP contribution >= 0.6 is 24.0 Å². The number of hydrogen-bond donors (Lipinski definition) is 2. The third-order valence-corrected chi connectivity index (χ3v) is 4.62. The van der Waals surface area contributed by atoms with Crippen molar-refractivity contribution in [1.82, 2.24) is 30.3 Å². The molecule has 2 N–H and O–H groups in total. The van der Waals surface area contributed by atoms with Crippen molar-refractivity contribution in [2.45, 2.75) is 39.4 Å². The minimum Gasteiger partial charge on any atom is -0.357 e. The smallest absolute Gasteiger partial charge is 0.222 e. The van der Waals surface area contributed by atoms with E-state index in [0.29, 0.717) is 26.1 Å². The Labute approximate surface area is 182 Å². The summed E-state index contributed by atoms with van der Waals surface area (Å²) in [6, 6.07) is 8.18. The van der Waals surface area contributed by atoms with E-state index in [2.05, 4.69) is 32.8 Å². The van der Waals surface area contributed by atoms with Gasteiger partial charge in [0.1, 0.15) is 12.2 Å². The molecule has 3 rings (SSSR count). The first-order valence-electron chi connectivity index (χ1n) is 9.37. The number of carbonyl (C=O) groups excluding carboxylic acids is 1. The van der Waals surface area contributed by atoms with Crippen LogP contribution < -0.4 is 10.6 Å². The van der Waals surface area contributed by atoms with Crippen molar-refractivity contribution in [1.29, 1.82) is 0 Å². The fourth-order valence-corrected chi connectivity index (χ4v) is 3.09. The van der Waals surface area contributed by atoms with E-state index in [1.807, 2.05) is 31.0 Å². The number of likely N-dealkylation sites (tertiary alicyclic amines) is 1. The maximum atomic E-state index is 11.9. The number of aryl methyl sites for hydroxylation is 1. The number of carbonyl (C=O) groups is 1. The van der Waals surface area contributed by atoms with Gasteiger partial charge in [0.15, 0.2) is 5.96 Å². The van der Waals surface area contributed by atoms with Crippen LogP contribution in [0, 0.1) is 0 Å². The van der Waals surface area contributed by atoms with E-state index in [0.717, 1.165) is 42.4 Å². The number of nitrogens with one attached hydrogen (secondary N) is 2. The van der Waals surface area contributed by atoms with E-state index in [1.54, 1.807) is 4.68 Å². The van der Waals surface area contributed by atoms with Crippen molar-refractivity contribution >= 4 is 35.8 Å². The van der Waals surface area contributed by atoms with Gasteiger partial charge < -0.3 is 15.5 Å². The summed E-state index contributed by atoms with van der Waals surface area (Å²) < 4.78 is 1.74. The number of halogens is 1. The Morgan fingerprint density at radius 3 is 2.68 bits per heavy atom. The normalized spacial score (nSPS) is 14.1. The van der Waals surface area contributed by atoms with Gasteiger partial charge in [0.25, 0.3) is 0 Å². The maximum Gasteiger partial charge on any atom is 0.222 e. The number of nitrogens with zero attached hydrogens (tertiary/aromatic N) is 5. The lowest BCUT2D eigenvalue weighted by Crippen LogP contribution is -2.37. The quantitative estimate of drug-likeness (QED) is 0.346. The standard InChI is InChI=1S/C19H27N7O.HI/c1-3-20-19(22-12-17-23-14-24-25(17)2)21-11-15-7-4-5-8-16(15)13-26-10-6-9-18(26)27;/h4-5,7-8,14H,3,6,9-13H2,1-2H3,(H2,20,21,22);1H. The van der Waals surface area contributed by atoms with Crippen LogP contribution in [-0.2, 0) is 31.5 Å². The van der Waals surface area contributed by atoms with Crippen molar-refractivity contribution < 1.29 is 4.79 Å². The number of aromatic nitrogens is 3. The van der Waals surface area contributed by atoms with Crippen molar-refractivity contribution in [3.8, 4) is 0 Å². The van der Waals surface area contributed by atoms with Crippen molar-refractivity contribution in [2.75, 3.05) is 13.1 Å². The van der Waals surface area contributed by atoms with Crippen molar-refractivity contribution in [2.24, 2.45) is 12.0 Å². The topological polar surface area (TPSA) is 87.4 Å². The average molecular weight is 497 g/mol. The van der Waals surface area contributed by atoms with E-state index in [1.165, 1.54) is 6.33 Å². The van der Waals surface area contributed by atoms with E-state index >= 15 is 0 Å². The number of aliphatic imine (C=N–C) groups is 1. The predicted octanol–water partition coefficient (Wildman–Crippen LogP) is 1.81. The molecule has 0 spiro atoms. The lowest BCUT2D eigenvalue weighted by molar-refractivity contribution is -0.128. The van der Waals surface area contributed by atoms with Crippen LogP contribution in [0.1, 0.15) is 36.7 Å². The third kappa shape index (κ3) is 5.91. The highest BCUT2D eigenvalue weighted by molar-refractivity contribution is 14.0. The highest BCUT2D eigenvalue weighted by Gasteiger charge is 2.20. The molecule has 0 saturated carbocycles. The molecule has 1 saturated heterocycles. The molecule has 0 radical (unpaired) electrons. The summed E-state index contributed by atoms with van der Waals surface area (Å²) in [5.74, 6) is 1.81. The summed E-state index contributed by atoms with van der Waals surface area (Å²) in [5.41, 5.74) is 2.29. The summed E-state index contributed by atoms with van der Waals surface area (Å²) in [7, 11) is 1.87. The van der Waals surface area contributed by atoms with Crippen LogP contribution in [0.3, 0.4) is 0 Å². The van der Waals surface area contributed by atoms with Gasteiger partial charge in [-0.1, -0.05) is 24.3 Å². The summed E-state index contributed by atoms with van der Waals surface area (Å²) >= 11 is 0. The van der Waals surface area contributed by atoms with Gasteiger partial charge in [-0.3, -0.25) is 9.48 Å². The van der Waals surface area contributed by atoms with Gasteiger partial charge in [-0.15, -0.1) is 24.0 Å². The van der Waals surface area contributed by atoms with Crippen LogP contribution in [0.2, 0.25) is 0 Å². The number of guanidine groups is 1. The molecule has 8 nitrogen and oxygen atoms in total. The first kappa shape index (κ1) is 22.1. The van der Waals surface area contributed by atoms with Crippen molar-refractivity contribution in [3.05, 3.63) is 47.5 Å². The molecular weight excluding hydrogens is 469 g/mol. The molecule has 1 fully saturated rings. The molecule has 1 aromatic heterocycles. The fraction of sp³-hybridized carbons (Fsp3) is 0.474. The molecule has 152 valence electrons. The number of amides is 1.